The lowest BCUT2D eigenvalue weighted by Crippen LogP contribution is -1.99. The van der Waals surface area contributed by atoms with Gasteiger partial charge in [0.05, 0.1) is 0 Å². The second-order valence-corrected chi connectivity index (χ2v) is 4.90. The van der Waals surface area contributed by atoms with Crippen molar-refractivity contribution >= 4 is 22.5 Å². The summed E-state index contributed by atoms with van der Waals surface area (Å²) in [5, 5.41) is 1.06. The van der Waals surface area contributed by atoms with Crippen LogP contribution in [-0.2, 0) is 22.4 Å². The van der Waals surface area contributed by atoms with Crippen molar-refractivity contribution in [3.8, 4) is 0 Å². The van der Waals surface area contributed by atoms with Crippen molar-refractivity contribution in [1.29, 1.82) is 0 Å². The van der Waals surface area contributed by atoms with Gasteiger partial charge in [0.25, 0.3) is 0 Å². The molecule has 3 heteroatoms. The van der Waals surface area contributed by atoms with E-state index in [0.717, 1.165) is 22.3 Å². The molecule has 1 aromatic carbocycles. The number of hydrogen-bond donors (Lipinski definition) is 0. The summed E-state index contributed by atoms with van der Waals surface area (Å²) < 4.78 is 5.82. The monoisotopic (exact) mass is 258 g/mol. The van der Waals surface area contributed by atoms with Crippen LogP contribution in [0.15, 0.2) is 28.7 Å². The minimum atomic E-state index is 0.151. The van der Waals surface area contributed by atoms with Crippen LogP contribution in [0.2, 0.25) is 0 Å². The van der Waals surface area contributed by atoms with Gasteiger partial charge < -0.3 is 14.0 Å². The summed E-state index contributed by atoms with van der Waals surface area (Å²) in [5.74, 6) is 1.17. The van der Waals surface area contributed by atoms with E-state index in [1.54, 1.807) is 13.8 Å². The van der Waals surface area contributed by atoms with Gasteiger partial charge in [0.2, 0.25) is 0 Å². The molecule has 0 aliphatic rings. The lowest BCUT2D eigenvalue weighted by molar-refractivity contribution is -0.117. The van der Waals surface area contributed by atoms with Gasteiger partial charge in [0.15, 0.2) is 0 Å². The Labute approximate surface area is 112 Å². The summed E-state index contributed by atoms with van der Waals surface area (Å²) in [7, 11) is 0. The SMILES string of the molecule is CC(=O)CCc1oc2ccccc2c1CCC(C)=O. The summed E-state index contributed by atoms with van der Waals surface area (Å²) in [6.07, 6.45) is 2.28. The van der Waals surface area contributed by atoms with E-state index >= 15 is 0 Å². The molecule has 0 saturated carbocycles. The number of carbonyl (C=O) groups is 2. The highest BCUT2D eigenvalue weighted by Gasteiger charge is 2.14. The summed E-state index contributed by atoms with van der Waals surface area (Å²) >= 11 is 0. The molecular formula is C16H18O3. The molecule has 2 rings (SSSR count). The first kappa shape index (κ1) is 13.5. The summed E-state index contributed by atoms with van der Waals surface area (Å²) in [6.45, 7) is 3.18. The van der Waals surface area contributed by atoms with Gasteiger partial charge in [-0.1, -0.05) is 18.2 Å². The van der Waals surface area contributed by atoms with Crippen LogP contribution in [0.4, 0.5) is 0 Å². The Morgan fingerprint density at radius 3 is 2.32 bits per heavy atom. The molecule has 1 heterocycles. The van der Waals surface area contributed by atoms with Crippen LogP contribution in [0.5, 0.6) is 0 Å². The summed E-state index contributed by atoms with van der Waals surface area (Å²) in [4.78, 5) is 22.3. The maximum Gasteiger partial charge on any atom is 0.134 e. The molecule has 0 spiro atoms. The number of hydrogen-bond acceptors (Lipinski definition) is 3. The van der Waals surface area contributed by atoms with E-state index in [1.807, 2.05) is 24.3 Å². The smallest absolute Gasteiger partial charge is 0.134 e. The molecule has 0 aliphatic heterocycles. The number of para-hydroxylation sites is 1. The molecule has 0 N–H and O–H groups in total. The van der Waals surface area contributed by atoms with E-state index in [1.165, 1.54) is 0 Å². The number of benzene rings is 1. The van der Waals surface area contributed by atoms with E-state index in [2.05, 4.69) is 0 Å². The van der Waals surface area contributed by atoms with Crippen LogP contribution in [0.25, 0.3) is 11.0 Å². The van der Waals surface area contributed by atoms with Gasteiger partial charge in [-0.05, 0) is 26.3 Å². The number of aryl methyl sites for hydroxylation is 2. The minimum Gasteiger partial charge on any atom is -0.461 e. The second kappa shape index (κ2) is 5.83. The topological polar surface area (TPSA) is 47.3 Å². The first-order valence-electron chi connectivity index (χ1n) is 6.56. The highest BCUT2D eigenvalue weighted by molar-refractivity contribution is 5.84. The maximum atomic E-state index is 11.2. The average Bonchev–Trinajstić information content (AvgIpc) is 2.71. The number of fused-ring (bicyclic) bond motifs is 1. The highest BCUT2D eigenvalue weighted by atomic mass is 16.3. The quantitative estimate of drug-likeness (QED) is 0.797. The number of furan rings is 1. The molecule has 3 nitrogen and oxygen atoms in total. The van der Waals surface area contributed by atoms with Gasteiger partial charge >= 0.3 is 0 Å². The van der Waals surface area contributed by atoms with Crippen molar-refractivity contribution in [2.75, 3.05) is 0 Å². The molecule has 0 saturated heterocycles. The molecule has 0 atom stereocenters. The van der Waals surface area contributed by atoms with Crippen molar-refractivity contribution in [3.63, 3.8) is 0 Å². The van der Waals surface area contributed by atoms with E-state index in [4.69, 9.17) is 4.42 Å². The molecule has 1 aromatic heterocycles. The molecule has 0 aliphatic carbocycles. The first-order valence-corrected chi connectivity index (χ1v) is 6.56. The van der Waals surface area contributed by atoms with Crippen LogP contribution in [-0.4, -0.2) is 11.6 Å². The Hall–Kier alpha value is -1.90. The summed E-state index contributed by atoms with van der Waals surface area (Å²) in [5.41, 5.74) is 1.91. The second-order valence-electron chi connectivity index (χ2n) is 4.90. The van der Waals surface area contributed by atoms with Crippen molar-refractivity contribution in [2.24, 2.45) is 0 Å². The maximum absolute atomic E-state index is 11.2. The normalized spacial score (nSPS) is 10.8. The average molecular weight is 258 g/mol. The fourth-order valence-electron chi connectivity index (χ4n) is 2.22. The number of rotatable bonds is 6. The molecule has 0 amide bonds. The van der Waals surface area contributed by atoms with Gasteiger partial charge in [-0.25, -0.2) is 0 Å². The predicted molar refractivity (Wildman–Crippen MR) is 74.2 cm³/mol. The molecule has 0 radical (unpaired) electrons. The molecule has 100 valence electrons. The van der Waals surface area contributed by atoms with Crippen molar-refractivity contribution < 1.29 is 14.0 Å². The van der Waals surface area contributed by atoms with Crippen LogP contribution < -0.4 is 0 Å². The van der Waals surface area contributed by atoms with E-state index in [9.17, 15) is 9.59 Å². The molecule has 19 heavy (non-hydrogen) atoms. The Morgan fingerprint density at radius 1 is 1.00 bits per heavy atom. The molecule has 2 aromatic rings. The van der Waals surface area contributed by atoms with E-state index < -0.39 is 0 Å². The third-order valence-electron chi connectivity index (χ3n) is 3.21. The number of carbonyl (C=O) groups excluding carboxylic acids is 2. The predicted octanol–water partition coefficient (Wildman–Crippen LogP) is 3.48. The van der Waals surface area contributed by atoms with Crippen LogP contribution in [0.1, 0.15) is 38.0 Å². The fraction of sp³-hybridized carbons (Fsp3) is 0.375. The van der Waals surface area contributed by atoms with E-state index in [0.29, 0.717) is 25.7 Å². The largest absolute Gasteiger partial charge is 0.461 e. The number of Topliss-reactive ketones (excluding diaryl/α,β-unsaturated/α-hetero) is 2. The molecule has 0 bridgehead atoms. The van der Waals surface area contributed by atoms with E-state index in [-0.39, 0.29) is 11.6 Å². The Balaban J connectivity index is 2.33. The minimum absolute atomic E-state index is 0.151. The highest BCUT2D eigenvalue weighted by Crippen LogP contribution is 2.28. The fourth-order valence-corrected chi connectivity index (χ4v) is 2.22. The van der Waals surface area contributed by atoms with Gasteiger partial charge in [-0.15, -0.1) is 0 Å². The number of ketones is 2. The van der Waals surface area contributed by atoms with Crippen molar-refractivity contribution in [1.82, 2.24) is 0 Å². The Kier molecular flexibility index (Phi) is 4.15. The van der Waals surface area contributed by atoms with Crippen LogP contribution >= 0.6 is 0 Å². The van der Waals surface area contributed by atoms with Gasteiger partial charge in [0.1, 0.15) is 22.9 Å². The third kappa shape index (κ3) is 3.31. The van der Waals surface area contributed by atoms with Crippen LogP contribution in [0, 0.1) is 0 Å². The standard InChI is InChI=1S/C16H18O3/c1-11(17)7-9-14-13-5-3-4-6-15(13)19-16(14)10-8-12(2)18/h3-6H,7-10H2,1-2H3. The molecule has 0 unspecified atom stereocenters. The van der Waals surface area contributed by atoms with Gasteiger partial charge in [-0.3, -0.25) is 0 Å². The van der Waals surface area contributed by atoms with Crippen molar-refractivity contribution in [2.45, 2.75) is 39.5 Å². The van der Waals surface area contributed by atoms with Gasteiger partial charge in [0, 0.05) is 30.2 Å². The van der Waals surface area contributed by atoms with Crippen molar-refractivity contribution in [3.05, 3.63) is 35.6 Å². The third-order valence-corrected chi connectivity index (χ3v) is 3.21. The van der Waals surface area contributed by atoms with Gasteiger partial charge in [-0.2, -0.15) is 0 Å². The zero-order valence-electron chi connectivity index (χ0n) is 11.4. The lowest BCUT2D eigenvalue weighted by atomic mass is 10.0. The first-order chi connectivity index (χ1) is 9.08. The lowest BCUT2D eigenvalue weighted by Gasteiger charge is -2.01. The molecule has 0 fully saturated rings. The molecular weight excluding hydrogens is 240 g/mol. The Bertz CT molecular complexity index is 607. The van der Waals surface area contributed by atoms with Crippen LogP contribution in [0.3, 0.4) is 0 Å². The summed E-state index contributed by atoms with van der Waals surface area (Å²) in [6, 6.07) is 7.81. The zero-order valence-corrected chi connectivity index (χ0v) is 11.4. The Morgan fingerprint density at radius 2 is 1.63 bits per heavy atom. The zero-order chi connectivity index (χ0) is 13.8.